The zero-order valence-corrected chi connectivity index (χ0v) is 9.33. The fourth-order valence-electron chi connectivity index (χ4n) is 1.05. The molecule has 4 heteroatoms. The Balaban J connectivity index is 2.32. The summed E-state index contributed by atoms with van der Waals surface area (Å²) in [4.78, 5) is 11.0. The average Bonchev–Trinajstić information content (AvgIpc) is 2.20. The maximum atomic E-state index is 11.0. The number of hydrogen-bond acceptors (Lipinski definition) is 3. The average molecular weight is 228 g/mol. The fourth-order valence-corrected chi connectivity index (χ4v) is 1.18. The second-order valence-electron chi connectivity index (χ2n) is 3.33. The molecule has 82 valence electrons. The zero-order valence-electron chi connectivity index (χ0n) is 8.57. The van der Waals surface area contributed by atoms with Gasteiger partial charge >= 0.3 is 5.97 Å². The molecule has 0 bridgehead atoms. The predicted octanol–water partition coefficient (Wildman–Crippen LogP) is 1.77. The molecule has 0 radical (unpaired) electrons. The molecule has 0 aliphatic heterocycles. The van der Waals surface area contributed by atoms with Gasteiger partial charge in [0.05, 0.1) is 6.61 Å². The number of esters is 1. The van der Waals surface area contributed by atoms with Crippen LogP contribution in [-0.4, -0.2) is 18.6 Å². The lowest BCUT2D eigenvalue weighted by Crippen LogP contribution is -2.29. The van der Waals surface area contributed by atoms with Crippen molar-refractivity contribution in [3.63, 3.8) is 0 Å². The Morgan fingerprint density at radius 2 is 2.07 bits per heavy atom. The van der Waals surface area contributed by atoms with Crippen LogP contribution in [0.4, 0.5) is 0 Å². The molecule has 1 aromatic rings. The van der Waals surface area contributed by atoms with Crippen LogP contribution in [0.5, 0.6) is 0 Å². The Kier molecular flexibility index (Phi) is 4.59. The number of hydrogen-bond donors (Lipinski definition) is 1. The number of benzene rings is 1. The number of carbonyl (C=O) groups is 1. The summed E-state index contributed by atoms with van der Waals surface area (Å²) < 4.78 is 4.94. The summed E-state index contributed by atoms with van der Waals surface area (Å²) in [5.74, 6) is -0.371. The summed E-state index contributed by atoms with van der Waals surface area (Å²) in [5.41, 5.74) is 6.42. The van der Waals surface area contributed by atoms with Gasteiger partial charge in [0.25, 0.3) is 0 Å². The number of nitrogens with two attached hydrogens (primary N) is 1. The molecule has 15 heavy (non-hydrogen) atoms. The van der Waals surface area contributed by atoms with Gasteiger partial charge in [-0.25, -0.2) is 0 Å². The first-order chi connectivity index (χ1) is 7.09. The summed E-state index contributed by atoms with van der Waals surface area (Å²) in [5, 5.41) is 0.700. The molecule has 0 saturated carbocycles. The minimum absolute atomic E-state index is 0.349. The molecule has 3 nitrogen and oxygen atoms in total. The van der Waals surface area contributed by atoms with Gasteiger partial charge < -0.3 is 10.5 Å². The predicted molar refractivity (Wildman–Crippen MR) is 59.8 cm³/mol. The van der Waals surface area contributed by atoms with Gasteiger partial charge in [-0.15, -0.1) is 0 Å². The van der Waals surface area contributed by atoms with Crippen LogP contribution in [0.3, 0.4) is 0 Å². The van der Waals surface area contributed by atoms with Crippen LogP contribution in [0.2, 0.25) is 5.02 Å². The third kappa shape index (κ3) is 4.32. The minimum atomic E-state index is -0.560. The Bertz CT molecular complexity index is 322. The van der Waals surface area contributed by atoms with Crippen molar-refractivity contribution in [2.24, 2.45) is 5.73 Å². The van der Waals surface area contributed by atoms with Gasteiger partial charge in [-0.3, -0.25) is 4.79 Å². The number of ether oxygens (including phenoxy) is 1. The first-order valence-corrected chi connectivity index (χ1v) is 5.14. The first kappa shape index (κ1) is 12.0. The van der Waals surface area contributed by atoms with Crippen LogP contribution in [0, 0.1) is 0 Å². The van der Waals surface area contributed by atoms with E-state index in [1.165, 1.54) is 0 Å². The molecular formula is C11H14ClNO2. The molecule has 0 heterocycles. The van der Waals surface area contributed by atoms with Crippen molar-refractivity contribution >= 4 is 17.6 Å². The van der Waals surface area contributed by atoms with E-state index < -0.39 is 6.04 Å². The Labute approximate surface area is 94.2 Å². The molecule has 0 saturated heterocycles. The van der Waals surface area contributed by atoms with E-state index in [1.807, 2.05) is 24.3 Å². The fraction of sp³-hybridized carbons (Fsp3) is 0.364. The molecule has 0 amide bonds. The van der Waals surface area contributed by atoms with Gasteiger partial charge in [-0.2, -0.15) is 0 Å². The number of halogens is 1. The zero-order chi connectivity index (χ0) is 11.3. The van der Waals surface area contributed by atoms with Crippen LogP contribution in [0.1, 0.15) is 12.5 Å². The molecule has 0 aliphatic rings. The van der Waals surface area contributed by atoms with Crippen LogP contribution >= 0.6 is 11.6 Å². The summed E-state index contributed by atoms with van der Waals surface area (Å²) in [7, 11) is 0. The Morgan fingerprint density at radius 3 is 2.60 bits per heavy atom. The molecule has 0 aromatic heterocycles. The van der Waals surface area contributed by atoms with Gasteiger partial charge in [-0.05, 0) is 24.6 Å². The molecular weight excluding hydrogens is 214 g/mol. The van der Waals surface area contributed by atoms with Crippen LogP contribution in [0.15, 0.2) is 24.3 Å². The normalized spacial score (nSPS) is 12.2. The SMILES string of the molecule is C[C@H](N)C(=O)OCCc1ccc(Cl)cc1. The molecule has 1 aromatic carbocycles. The molecule has 2 N–H and O–H groups in total. The summed E-state index contributed by atoms with van der Waals surface area (Å²) in [6.45, 7) is 1.95. The molecule has 1 rings (SSSR count). The second kappa shape index (κ2) is 5.73. The van der Waals surface area contributed by atoms with Crippen LogP contribution in [0.25, 0.3) is 0 Å². The van der Waals surface area contributed by atoms with Gasteiger partial charge in [0, 0.05) is 11.4 Å². The lowest BCUT2D eigenvalue weighted by Gasteiger charge is -2.06. The summed E-state index contributed by atoms with van der Waals surface area (Å²) in [6.07, 6.45) is 0.676. The molecule has 1 atom stereocenters. The van der Waals surface area contributed by atoms with Gasteiger partial charge in [0.1, 0.15) is 6.04 Å². The highest BCUT2D eigenvalue weighted by Gasteiger charge is 2.07. The van der Waals surface area contributed by atoms with E-state index in [1.54, 1.807) is 6.92 Å². The van der Waals surface area contributed by atoms with Gasteiger partial charge in [-0.1, -0.05) is 23.7 Å². The van der Waals surface area contributed by atoms with Crippen LogP contribution < -0.4 is 5.73 Å². The minimum Gasteiger partial charge on any atom is -0.464 e. The van der Waals surface area contributed by atoms with E-state index in [2.05, 4.69) is 0 Å². The summed E-state index contributed by atoms with van der Waals surface area (Å²) in [6, 6.07) is 6.87. The first-order valence-electron chi connectivity index (χ1n) is 4.76. The molecule has 0 fully saturated rings. The van der Waals surface area contributed by atoms with Crippen molar-refractivity contribution in [3.05, 3.63) is 34.9 Å². The van der Waals surface area contributed by atoms with Crippen molar-refractivity contribution in [2.75, 3.05) is 6.61 Å². The van der Waals surface area contributed by atoms with Gasteiger partial charge in [0.15, 0.2) is 0 Å². The number of carbonyl (C=O) groups excluding carboxylic acids is 1. The second-order valence-corrected chi connectivity index (χ2v) is 3.77. The highest BCUT2D eigenvalue weighted by Crippen LogP contribution is 2.09. The lowest BCUT2D eigenvalue weighted by molar-refractivity contribution is -0.144. The maximum absolute atomic E-state index is 11.0. The maximum Gasteiger partial charge on any atom is 0.322 e. The smallest absolute Gasteiger partial charge is 0.322 e. The van der Waals surface area contributed by atoms with E-state index in [0.29, 0.717) is 18.1 Å². The third-order valence-corrected chi connectivity index (χ3v) is 2.17. The van der Waals surface area contributed by atoms with Crippen molar-refractivity contribution in [3.8, 4) is 0 Å². The molecule has 0 aliphatic carbocycles. The number of rotatable bonds is 4. The van der Waals surface area contributed by atoms with E-state index in [4.69, 9.17) is 22.1 Å². The van der Waals surface area contributed by atoms with Crippen LogP contribution in [-0.2, 0) is 16.0 Å². The molecule has 0 spiro atoms. The summed E-state index contributed by atoms with van der Waals surface area (Å²) >= 11 is 5.74. The standard InChI is InChI=1S/C11H14ClNO2/c1-8(13)11(14)15-7-6-9-2-4-10(12)5-3-9/h2-5,8H,6-7,13H2,1H3/t8-/m0/s1. The lowest BCUT2D eigenvalue weighted by atomic mass is 10.2. The van der Waals surface area contributed by atoms with E-state index in [9.17, 15) is 4.79 Å². The van der Waals surface area contributed by atoms with E-state index >= 15 is 0 Å². The topological polar surface area (TPSA) is 52.3 Å². The van der Waals surface area contributed by atoms with Crippen molar-refractivity contribution in [2.45, 2.75) is 19.4 Å². The van der Waals surface area contributed by atoms with E-state index in [0.717, 1.165) is 5.56 Å². The van der Waals surface area contributed by atoms with Crippen molar-refractivity contribution in [1.29, 1.82) is 0 Å². The molecule has 0 unspecified atom stereocenters. The monoisotopic (exact) mass is 227 g/mol. The van der Waals surface area contributed by atoms with Crippen molar-refractivity contribution in [1.82, 2.24) is 0 Å². The third-order valence-electron chi connectivity index (χ3n) is 1.92. The van der Waals surface area contributed by atoms with E-state index in [-0.39, 0.29) is 5.97 Å². The largest absolute Gasteiger partial charge is 0.464 e. The highest BCUT2D eigenvalue weighted by molar-refractivity contribution is 6.30. The Hall–Kier alpha value is -1.06. The highest BCUT2D eigenvalue weighted by atomic mass is 35.5. The van der Waals surface area contributed by atoms with Crippen molar-refractivity contribution < 1.29 is 9.53 Å². The quantitative estimate of drug-likeness (QED) is 0.798. The Morgan fingerprint density at radius 1 is 1.47 bits per heavy atom. The van der Waals surface area contributed by atoms with Gasteiger partial charge in [0.2, 0.25) is 0 Å².